The topological polar surface area (TPSA) is 31.2 Å². The molecule has 138 valence electrons. The third-order valence-corrected chi connectivity index (χ3v) is 6.29. The van der Waals surface area contributed by atoms with Crippen molar-refractivity contribution >= 4 is 11.8 Å². The van der Waals surface area contributed by atoms with E-state index in [2.05, 4.69) is 25.1 Å². The van der Waals surface area contributed by atoms with Crippen molar-refractivity contribution in [3.05, 3.63) is 45.9 Å². The highest BCUT2D eigenvalue weighted by atomic mass is 32.2. The molecule has 0 saturated heterocycles. The highest BCUT2D eigenvalue weighted by Crippen LogP contribution is 2.39. The van der Waals surface area contributed by atoms with Crippen LogP contribution in [0, 0.1) is 5.92 Å². The fraction of sp³-hybridized carbons (Fsp3) is 0.500. The van der Waals surface area contributed by atoms with E-state index in [0.717, 1.165) is 60.8 Å². The van der Waals surface area contributed by atoms with Gasteiger partial charge >= 0.3 is 0 Å². The third-order valence-electron chi connectivity index (χ3n) is 5.42. The summed E-state index contributed by atoms with van der Waals surface area (Å²) in [5.41, 5.74) is 4.76. The molecule has 2 aromatic rings. The normalized spacial score (nSPS) is 16.4. The number of nitrogens with zero attached hydrogens (tertiary/aromatic N) is 1. The number of hydrogen-bond acceptors (Lipinski definition) is 3. The van der Waals surface area contributed by atoms with E-state index >= 15 is 0 Å². The summed E-state index contributed by atoms with van der Waals surface area (Å²) in [6, 6.07) is 6.54. The first-order chi connectivity index (χ1) is 12.7. The van der Waals surface area contributed by atoms with Crippen molar-refractivity contribution in [2.45, 2.75) is 50.3 Å². The number of ether oxygens (including phenoxy) is 1. The minimum Gasteiger partial charge on any atom is -0.493 e. The average molecular weight is 370 g/mol. The summed E-state index contributed by atoms with van der Waals surface area (Å²) >= 11 is 1.85. The van der Waals surface area contributed by atoms with Crippen LogP contribution in [0.15, 0.2) is 34.1 Å². The van der Waals surface area contributed by atoms with E-state index in [1.54, 1.807) is 4.57 Å². The van der Waals surface area contributed by atoms with Gasteiger partial charge in [0.25, 0.3) is 5.56 Å². The van der Waals surface area contributed by atoms with Gasteiger partial charge in [0.05, 0.1) is 6.61 Å². The van der Waals surface area contributed by atoms with Crippen LogP contribution < -0.4 is 10.3 Å². The number of hydrogen-bond donors (Lipinski definition) is 0. The van der Waals surface area contributed by atoms with Crippen LogP contribution >= 0.6 is 11.8 Å². The molecule has 0 atom stereocenters. The van der Waals surface area contributed by atoms with E-state index in [4.69, 9.17) is 4.74 Å². The molecule has 1 saturated carbocycles. The Morgan fingerprint density at radius 1 is 1.15 bits per heavy atom. The third kappa shape index (κ3) is 3.57. The van der Waals surface area contributed by atoms with Crippen LogP contribution in [0.3, 0.4) is 0 Å². The zero-order valence-electron chi connectivity index (χ0n) is 15.7. The van der Waals surface area contributed by atoms with Gasteiger partial charge < -0.3 is 9.30 Å². The van der Waals surface area contributed by atoms with Crippen molar-refractivity contribution < 1.29 is 4.74 Å². The first-order valence-corrected chi connectivity index (χ1v) is 10.8. The summed E-state index contributed by atoms with van der Waals surface area (Å²) in [4.78, 5) is 13.9. The Hall–Kier alpha value is -1.68. The van der Waals surface area contributed by atoms with Crippen LogP contribution in [-0.2, 0) is 19.9 Å². The average Bonchev–Trinajstić information content (AvgIpc) is 3.48. The maximum Gasteiger partial charge on any atom is 0.253 e. The number of pyridine rings is 1. The lowest BCUT2D eigenvalue weighted by Crippen LogP contribution is -2.25. The van der Waals surface area contributed by atoms with Gasteiger partial charge in [-0.15, -0.1) is 11.8 Å². The molecule has 1 fully saturated rings. The maximum absolute atomic E-state index is 12.6. The highest BCUT2D eigenvalue weighted by Gasteiger charge is 2.24. The minimum absolute atomic E-state index is 0.169. The van der Waals surface area contributed by atoms with Gasteiger partial charge in [-0.2, -0.15) is 0 Å². The van der Waals surface area contributed by atoms with Gasteiger partial charge in [0.15, 0.2) is 0 Å². The van der Waals surface area contributed by atoms with E-state index in [1.165, 1.54) is 28.9 Å². The van der Waals surface area contributed by atoms with Crippen LogP contribution in [0.4, 0.5) is 0 Å². The van der Waals surface area contributed by atoms with Crippen molar-refractivity contribution in [1.82, 2.24) is 4.57 Å². The van der Waals surface area contributed by atoms with E-state index < -0.39 is 0 Å². The van der Waals surface area contributed by atoms with Crippen molar-refractivity contribution in [2.75, 3.05) is 12.4 Å². The molecule has 3 nitrogen and oxygen atoms in total. The molecular weight excluding hydrogens is 342 g/mol. The lowest BCUT2D eigenvalue weighted by atomic mass is 9.87. The second kappa shape index (κ2) is 7.51. The van der Waals surface area contributed by atoms with Crippen molar-refractivity contribution in [3.63, 3.8) is 0 Å². The van der Waals surface area contributed by atoms with E-state index in [-0.39, 0.29) is 5.56 Å². The lowest BCUT2D eigenvalue weighted by molar-refractivity contribution is 0.301. The molecule has 0 bridgehead atoms. The summed E-state index contributed by atoms with van der Waals surface area (Å²) in [7, 11) is 1.87. The molecule has 2 aliphatic carbocycles. The van der Waals surface area contributed by atoms with Crippen LogP contribution in [0.5, 0.6) is 5.75 Å². The van der Waals surface area contributed by atoms with Gasteiger partial charge in [0.2, 0.25) is 0 Å². The summed E-state index contributed by atoms with van der Waals surface area (Å²) in [6.07, 6.45) is 8.76. The molecule has 0 amide bonds. The predicted octanol–water partition coefficient (Wildman–Crippen LogP) is 4.83. The standard InChI is InChI=1S/C22H27NO2S/c1-3-26-16-10-11-21(25-14-15-8-9-15)19(12-16)20-13-23(2)22(24)18-7-5-4-6-17(18)20/h10-13,15H,3-9,14H2,1-2H3. The number of aryl methyl sites for hydroxylation is 1. The quantitative estimate of drug-likeness (QED) is 0.683. The van der Waals surface area contributed by atoms with Gasteiger partial charge in [-0.1, -0.05) is 6.92 Å². The molecule has 1 aromatic carbocycles. The number of fused-ring (bicyclic) bond motifs is 1. The molecule has 4 heteroatoms. The van der Waals surface area contributed by atoms with Crippen LogP contribution in [-0.4, -0.2) is 16.9 Å². The zero-order valence-corrected chi connectivity index (χ0v) is 16.5. The van der Waals surface area contributed by atoms with Gasteiger partial charge in [0.1, 0.15) is 5.75 Å². The van der Waals surface area contributed by atoms with Gasteiger partial charge in [-0.05, 0) is 74.0 Å². The Morgan fingerprint density at radius 3 is 2.65 bits per heavy atom. The molecule has 4 rings (SSSR count). The number of rotatable bonds is 6. The molecule has 0 unspecified atom stereocenters. The van der Waals surface area contributed by atoms with Gasteiger partial charge in [-0.25, -0.2) is 0 Å². The smallest absolute Gasteiger partial charge is 0.253 e. The number of thioether (sulfide) groups is 1. The zero-order chi connectivity index (χ0) is 18.1. The molecule has 0 spiro atoms. The van der Waals surface area contributed by atoms with Gasteiger partial charge in [0, 0.05) is 34.8 Å². The highest BCUT2D eigenvalue weighted by molar-refractivity contribution is 7.99. The molecule has 0 radical (unpaired) electrons. The summed E-state index contributed by atoms with van der Waals surface area (Å²) in [5.74, 6) is 2.73. The first kappa shape index (κ1) is 17.7. The molecule has 1 heterocycles. The van der Waals surface area contributed by atoms with Crippen LogP contribution in [0.1, 0.15) is 43.7 Å². The van der Waals surface area contributed by atoms with Gasteiger partial charge in [-0.3, -0.25) is 4.79 Å². The molecule has 0 N–H and O–H groups in total. The summed E-state index contributed by atoms with van der Waals surface area (Å²) in [5, 5.41) is 0. The maximum atomic E-state index is 12.6. The molecule has 1 aromatic heterocycles. The van der Waals surface area contributed by atoms with Crippen molar-refractivity contribution in [2.24, 2.45) is 13.0 Å². The summed E-state index contributed by atoms with van der Waals surface area (Å²) < 4.78 is 7.97. The fourth-order valence-electron chi connectivity index (χ4n) is 3.81. The number of aromatic nitrogens is 1. The Balaban J connectivity index is 1.83. The second-order valence-corrected chi connectivity index (χ2v) is 8.81. The monoisotopic (exact) mass is 369 g/mol. The largest absolute Gasteiger partial charge is 0.493 e. The minimum atomic E-state index is 0.169. The predicted molar refractivity (Wildman–Crippen MR) is 108 cm³/mol. The van der Waals surface area contributed by atoms with Crippen molar-refractivity contribution in [1.29, 1.82) is 0 Å². The Labute approximate surface area is 159 Å². The lowest BCUT2D eigenvalue weighted by Gasteiger charge is -2.22. The second-order valence-electron chi connectivity index (χ2n) is 7.47. The SMILES string of the molecule is CCSc1ccc(OCC2CC2)c(-c2cn(C)c(=O)c3c2CCCC3)c1. The molecule has 0 aliphatic heterocycles. The van der Waals surface area contributed by atoms with E-state index in [9.17, 15) is 4.79 Å². The summed E-state index contributed by atoms with van der Waals surface area (Å²) in [6.45, 7) is 2.98. The Kier molecular flexibility index (Phi) is 5.12. The molecule has 26 heavy (non-hydrogen) atoms. The van der Waals surface area contributed by atoms with Crippen LogP contribution in [0.25, 0.3) is 11.1 Å². The Morgan fingerprint density at radius 2 is 1.92 bits per heavy atom. The van der Waals surface area contributed by atoms with Crippen LogP contribution in [0.2, 0.25) is 0 Å². The van der Waals surface area contributed by atoms with Crippen molar-refractivity contribution in [3.8, 4) is 16.9 Å². The number of benzene rings is 1. The fourth-order valence-corrected chi connectivity index (χ4v) is 4.51. The Bertz CT molecular complexity index is 867. The first-order valence-electron chi connectivity index (χ1n) is 9.78. The molecular formula is C22H27NO2S. The van der Waals surface area contributed by atoms with E-state index in [0.29, 0.717) is 0 Å². The molecule has 2 aliphatic rings. The van der Waals surface area contributed by atoms with E-state index in [1.807, 2.05) is 25.0 Å².